The van der Waals surface area contributed by atoms with E-state index in [0.29, 0.717) is 0 Å². The van der Waals surface area contributed by atoms with Crippen molar-refractivity contribution in [1.29, 1.82) is 0 Å². The molecule has 4 heteroatoms. The Bertz CT molecular complexity index is 6.00. The molecule has 0 aliphatic heterocycles. The summed E-state index contributed by atoms with van der Waals surface area (Å²) in [7, 11) is 0. The van der Waals surface area contributed by atoms with Crippen LogP contribution in [0.3, 0.4) is 0 Å². The van der Waals surface area contributed by atoms with Crippen molar-refractivity contribution >= 4 is 0 Å². The number of hydrogen-bond donors (Lipinski definition) is 0. The zero-order valence-corrected chi connectivity index (χ0v) is 5.45. The largest absolute Gasteiger partial charge is 0.0209 e. The van der Waals surface area contributed by atoms with Crippen LogP contribution in [-0.2, 0) is 5.15 Å². The van der Waals surface area contributed by atoms with Gasteiger partial charge >= 0.3 is 0 Å². The van der Waals surface area contributed by atoms with Gasteiger partial charge in [-0.15, -0.1) is 0 Å². The van der Waals surface area contributed by atoms with Gasteiger partial charge in [-0.25, -0.2) is 0 Å². The van der Waals surface area contributed by atoms with E-state index in [2.05, 4.69) is 0 Å². The summed E-state index contributed by atoms with van der Waals surface area (Å²) in [5.74, 6) is 0. The van der Waals surface area contributed by atoms with Crippen molar-refractivity contribution in [1.82, 2.24) is 0 Å². The zero-order chi connectivity index (χ0) is 2.71. The van der Waals surface area contributed by atoms with Crippen LogP contribution < -0.4 is 0 Å². The Morgan fingerprint density at radius 3 is 1.25 bits per heavy atom. The third-order valence-electron chi connectivity index (χ3n) is 0. The van der Waals surface area contributed by atoms with E-state index in [0.717, 1.165) is 0 Å². The van der Waals surface area contributed by atoms with Crippen LogP contribution in [0.15, 0.2) is 0 Å². The third kappa shape index (κ3) is 10.8. The molecule has 0 heterocycles. The van der Waals surface area contributed by atoms with Gasteiger partial charge in [-0.05, 0) is 9.05 Å². The van der Waals surface area contributed by atoms with Crippen molar-refractivity contribution in [3.8, 4) is 0 Å². The fourth-order valence-electron chi connectivity index (χ4n) is 0. The standard InChI is InChI=1S/F2O.Pr/c1-3-2;. The third-order valence-corrected chi connectivity index (χ3v) is 0. The van der Waals surface area contributed by atoms with E-state index >= 15 is 0 Å². The van der Waals surface area contributed by atoms with E-state index in [-0.39, 0.29) is 41.3 Å². The van der Waals surface area contributed by atoms with Crippen LogP contribution in [0.25, 0.3) is 0 Å². The van der Waals surface area contributed by atoms with Gasteiger partial charge in [0.1, 0.15) is 0 Å². The Balaban J connectivity index is 0. The van der Waals surface area contributed by atoms with E-state index < -0.39 is 0 Å². The van der Waals surface area contributed by atoms with Gasteiger partial charge in [0.15, 0.2) is 0 Å². The van der Waals surface area contributed by atoms with Crippen LogP contribution in [0.5, 0.6) is 0 Å². The molecule has 0 bridgehead atoms. The Morgan fingerprint density at radius 1 is 1.25 bits per heavy atom. The van der Waals surface area contributed by atoms with Gasteiger partial charge in [-0.1, -0.05) is 0 Å². The molecule has 0 aromatic rings. The smallest absolute Gasteiger partial charge is 0.0104 e. The molecule has 0 unspecified atom stereocenters. The molecule has 0 aromatic carbocycles. The summed E-state index contributed by atoms with van der Waals surface area (Å²) in [4.78, 5) is 0. The van der Waals surface area contributed by atoms with Gasteiger partial charge in [0, 0.05) is 46.4 Å². The topological polar surface area (TPSA) is 9.23 Å². The maximum absolute atomic E-state index is 9.12. The Morgan fingerprint density at radius 2 is 1.25 bits per heavy atom. The molecule has 0 aliphatic rings. The van der Waals surface area contributed by atoms with Gasteiger partial charge in [-0.3, -0.25) is 0 Å². The Kier molecular flexibility index (Phi) is 19.9. The summed E-state index contributed by atoms with van der Waals surface area (Å²) in [6, 6.07) is 0. The fourth-order valence-corrected chi connectivity index (χ4v) is 0. The second-order valence-electron chi connectivity index (χ2n) is 0.0583. The van der Waals surface area contributed by atoms with Crippen molar-refractivity contribution in [2.75, 3.05) is 0 Å². The summed E-state index contributed by atoms with van der Waals surface area (Å²) in [6.45, 7) is 0. The van der Waals surface area contributed by atoms with Gasteiger partial charge in [0.05, 0.1) is 0 Å². The molecule has 0 N–H and O–H groups in total. The van der Waals surface area contributed by atoms with E-state index in [9.17, 15) is 0 Å². The second kappa shape index (κ2) is 8.89. The average Bonchev–Trinajstić information content (AvgIpc) is 0.918. The summed E-state index contributed by atoms with van der Waals surface area (Å²) in [5.41, 5.74) is 0. The van der Waals surface area contributed by atoms with E-state index in [1.807, 2.05) is 0 Å². The summed E-state index contributed by atoms with van der Waals surface area (Å²) in [5, 5.41) is 1.25. The molecule has 4 heavy (non-hydrogen) atoms. The molecule has 1 radical (unpaired) electrons. The minimum Gasteiger partial charge on any atom is -0.0104 e. The zero-order valence-electron chi connectivity index (χ0n) is 1.74. The number of halogens is 2. The van der Waals surface area contributed by atoms with Crippen LogP contribution in [-0.4, -0.2) is 0 Å². The summed E-state index contributed by atoms with van der Waals surface area (Å²) >= 11 is 0. The molecule has 0 fully saturated rings. The normalized spacial score (nSPS) is 4.50. The van der Waals surface area contributed by atoms with Crippen molar-refractivity contribution in [3.05, 3.63) is 0 Å². The fraction of sp³-hybridized carbons (Fsp3) is 0. The summed E-state index contributed by atoms with van der Waals surface area (Å²) in [6.07, 6.45) is 0. The van der Waals surface area contributed by atoms with Gasteiger partial charge < -0.3 is 0 Å². The first-order valence-electron chi connectivity index (χ1n) is 0.309. The van der Waals surface area contributed by atoms with Crippen molar-refractivity contribution in [2.24, 2.45) is 0 Å². The van der Waals surface area contributed by atoms with Crippen molar-refractivity contribution in [2.45, 2.75) is 0 Å². The number of hydrogen-bond acceptors (Lipinski definition) is 1. The predicted octanol–water partition coefficient (Wildman–Crippen LogP) is 0.772. The van der Waals surface area contributed by atoms with E-state index in [1.54, 1.807) is 0 Å². The molecule has 23 valence electrons. The SMILES string of the molecule is FOF.[Pr]. The van der Waals surface area contributed by atoms with Gasteiger partial charge in [0.2, 0.25) is 0 Å². The molecule has 0 aliphatic carbocycles. The van der Waals surface area contributed by atoms with Crippen LogP contribution in [0.4, 0.5) is 9.05 Å². The predicted molar refractivity (Wildman–Crippen MR) is 3.30 cm³/mol. The average molecular weight is 195 g/mol. The molecule has 0 spiro atoms. The quantitative estimate of drug-likeness (QED) is 0.554. The van der Waals surface area contributed by atoms with Gasteiger partial charge in [0.25, 0.3) is 0 Å². The minimum atomic E-state index is 0. The van der Waals surface area contributed by atoms with Crippen LogP contribution in [0, 0.1) is 41.3 Å². The second-order valence-corrected chi connectivity index (χ2v) is 0.0583. The number of rotatable bonds is 0. The van der Waals surface area contributed by atoms with E-state index in [4.69, 9.17) is 9.05 Å². The molecule has 0 atom stereocenters. The van der Waals surface area contributed by atoms with Gasteiger partial charge in [-0.2, -0.15) is 0 Å². The molecule has 0 saturated heterocycles. The Labute approximate surface area is 55.1 Å². The first kappa shape index (κ1) is 8.95. The molecule has 0 aromatic heterocycles. The molecular weight excluding hydrogens is 195 g/mol. The Hall–Kier alpha value is 1.18. The molecule has 1 nitrogen and oxygen atoms in total. The maximum Gasteiger partial charge on any atom is 0.0209 e. The molecule has 0 rings (SSSR count). The molecule has 0 saturated carbocycles. The monoisotopic (exact) mass is 195 g/mol. The van der Waals surface area contributed by atoms with Crippen molar-refractivity contribution < 1.29 is 55.5 Å². The molecular formula is F2OPr. The minimum absolute atomic E-state index is 0. The summed E-state index contributed by atoms with van der Waals surface area (Å²) < 4.78 is 18.2. The first-order chi connectivity index (χ1) is 1.41. The van der Waals surface area contributed by atoms with Crippen LogP contribution >= 0.6 is 0 Å². The first-order valence-corrected chi connectivity index (χ1v) is 0.309. The van der Waals surface area contributed by atoms with E-state index in [1.165, 1.54) is 5.15 Å². The maximum atomic E-state index is 9.12. The van der Waals surface area contributed by atoms with Crippen LogP contribution in [0.1, 0.15) is 0 Å². The van der Waals surface area contributed by atoms with Crippen LogP contribution in [0.2, 0.25) is 0 Å². The molecule has 0 amide bonds. The van der Waals surface area contributed by atoms with Crippen molar-refractivity contribution in [3.63, 3.8) is 0 Å².